The first kappa shape index (κ1) is 20.8. The van der Waals surface area contributed by atoms with Crippen LogP contribution in [0.4, 0.5) is 5.69 Å². The maximum Gasteiger partial charge on any atom is 0.306 e. The van der Waals surface area contributed by atoms with Crippen LogP contribution < -0.4 is 14.8 Å². The molecule has 1 amide bonds. The van der Waals surface area contributed by atoms with Gasteiger partial charge in [0.25, 0.3) is 5.91 Å². The van der Waals surface area contributed by atoms with Gasteiger partial charge in [0, 0.05) is 35.9 Å². The predicted octanol–water partition coefficient (Wildman–Crippen LogP) is 2.87. The molecule has 0 spiro atoms. The minimum absolute atomic E-state index is 0.0106. The summed E-state index contributed by atoms with van der Waals surface area (Å²) in [6.07, 6.45) is 0.226. The van der Waals surface area contributed by atoms with Crippen molar-refractivity contribution in [3.05, 3.63) is 54.4 Å². The van der Waals surface area contributed by atoms with Crippen molar-refractivity contribution in [2.24, 2.45) is 0 Å². The lowest BCUT2D eigenvalue weighted by Gasteiger charge is -2.10. The summed E-state index contributed by atoms with van der Waals surface area (Å²) in [5, 5.41) is 6.52. The zero-order valence-electron chi connectivity index (χ0n) is 16.6. The zero-order valence-corrected chi connectivity index (χ0v) is 16.6. The van der Waals surface area contributed by atoms with Gasteiger partial charge in [-0.3, -0.25) is 9.59 Å². The molecule has 0 fully saturated rings. The van der Waals surface area contributed by atoms with Crippen LogP contribution in [0, 0.1) is 0 Å². The van der Waals surface area contributed by atoms with Gasteiger partial charge in [0.1, 0.15) is 11.5 Å². The van der Waals surface area contributed by atoms with Gasteiger partial charge in [-0.1, -0.05) is 35.5 Å². The van der Waals surface area contributed by atoms with Crippen molar-refractivity contribution in [2.45, 2.75) is 12.8 Å². The average molecular weight is 411 g/mol. The Balaban J connectivity index is 1.45. The van der Waals surface area contributed by atoms with E-state index in [1.807, 2.05) is 30.3 Å². The number of aryl methyl sites for hydroxylation is 1. The Bertz CT molecular complexity index is 981. The molecule has 0 aliphatic rings. The summed E-state index contributed by atoms with van der Waals surface area (Å²) < 4.78 is 20.4. The third kappa shape index (κ3) is 5.81. The molecule has 1 aromatic heterocycles. The fourth-order valence-electron chi connectivity index (χ4n) is 2.56. The Morgan fingerprint density at radius 3 is 2.40 bits per heavy atom. The highest BCUT2D eigenvalue weighted by molar-refractivity contribution is 5.93. The number of nitrogens with one attached hydrogen (secondary N) is 1. The SMILES string of the molecule is COc1cc(NC(=O)COC(=O)CCc2nc(-c3ccccc3)no2)cc(OC)c1. The van der Waals surface area contributed by atoms with E-state index >= 15 is 0 Å². The minimum Gasteiger partial charge on any atom is -0.497 e. The third-order valence-electron chi connectivity index (χ3n) is 4.04. The topological polar surface area (TPSA) is 113 Å². The van der Waals surface area contributed by atoms with Gasteiger partial charge in [0.2, 0.25) is 11.7 Å². The number of anilines is 1. The Kier molecular flexibility index (Phi) is 6.99. The number of aromatic nitrogens is 2. The molecule has 0 radical (unpaired) electrons. The second-order valence-corrected chi connectivity index (χ2v) is 6.19. The molecule has 0 saturated carbocycles. The van der Waals surface area contributed by atoms with Crippen molar-refractivity contribution >= 4 is 17.6 Å². The molecule has 156 valence electrons. The van der Waals surface area contributed by atoms with Gasteiger partial charge >= 0.3 is 5.97 Å². The van der Waals surface area contributed by atoms with Crippen LogP contribution >= 0.6 is 0 Å². The van der Waals surface area contributed by atoms with Gasteiger partial charge in [-0.15, -0.1) is 0 Å². The summed E-state index contributed by atoms with van der Waals surface area (Å²) in [6.45, 7) is -0.419. The molecular formula is C21H21N3O6. The monoisotopic (exact) mass is 411 g/mol. The highest BCUT2D eigenvalue weighted by Gasteiger charge is 2.13. The van der Waals surface area contributed by atoms with Crippen LogP contribution in [0.3, 0.4) is 0 Å². The lowest BCUT2D eigenvalue weighted by molar-refractivity contribution is -0.147. The summed E-state index contributed by atoms with van der Waals surface area (Å²) in [5.74, 6) is 0.786. The number of nitrogens with zero attached hydrogens (tertiary/aromatic N) is 2. The minimum atomic E-state index is -0.548. The van der Waals surface area contributed by atoms with E-state index < -0.39 is 18.5 Å². The summed E-state index contributed by atoms with van der Waals surface area (Å²) in [4.78, 5) is 28.2. The van der Waals surface area contributed by atoms with Crippen molar-refractivity contribution in [1.82, 2.24) is 10.1 Å². The van der Waals surface area contributed by atoms with Gasteiger partial charge in [0.15, 0.2) is 6.61 Å². The van der Waals surface area contributed by atoms with Crippen LogP contribution in [0.25, 0.3) is 11.4 Å². The van der Waals surface area contributed by atoms with E-state index in [4.69, 9.17) is 18.7 Å². The molecule has 9 nitrogen and oxygen atoms in total. The molecule has 0 unspecified atom stereocenters. The fraction of sp³-hybridized carbons (Fsp3) is 0.238. The molecule has 3 aromatic rings. The maximum atomic E-state index is 12.0. The van der Waals surface area contributed by atoms with Crippen molar-refractivity contribution in [2.75, 3.05) is 26.1 Å². The molecule has 3 rings (SSSR count). The third-order valence-corrected chi connectivity index (χ3v) is 4.04. The number of methoxy groups -OCH3 is 2. The summed E-state index contributed by atoms with van der Waals surface area (Å²) in [5.41, 5.74) is 1.28. The largest absolute Gasteiger partial charge is 0.497 e. The molecule has 1 heterocycles. The van der Waals surface area contributed by atoms with Crippen LogP contribution in [-0.2, 0) is 20.7 Å². The van der Waals surface area contributed by atoms with E-state index in [0.29, 0.717) is 28.9 Å². The number of esters is 1. The maximum absolute atomic E-state index is 12.0. The molecule has 0 aliphatic heterocycles. The van der Waals surface area contributed by atoms with E-state index in [1.54, 1.807) is 18.2 Å². The van der Waals surface area contributed by atoms with Crippen molar-refractivity contribution < 1.29 is 28.3 Å². The quantitative estimate of drug-likeness (QED) is 0.535. The van der Waals surface area contributed by atoms with Gasteiger partial charge in [0.05, 0.1) is 20.6 Å². The lowest BCUT2D eigenvalue weighted by Crippen LogP contribution is -2.21. The van der Waals surface area contributed by atoms with Crippen LogP contribution in [0.5, 0.6) is 11.5 Å². The first-order valence-corrected chi connectivity index (χ1v) is 9.14. The van der Waals surface area contributed by atoms with Crippen molar-refractivity contribution in [3.63, 3.8) is 0 Å². The molecule has 2 aromatic carbocycles. The van der Waals surface area contributed by atoms with Gasteiger partial charge in [-0.25, -0.2) is 0 Å². The van der Waals surface area contributed by atoms with E-state index in [9.17, 15) is 9.59 Å². The molecule has 0 bridgehead atoms. The Morgan fingerprint density at radius 1 is 1.03 bits per heavy atom. The van der Waals surface area contributed by atoms with Crippen molar-refractivity contribution in [3.8, 4) is 22.9 Å². The molecule has 0 aliphatic carbocycles. The number of carbonyl (C=O) groups excluding carboxylic acids is 2. The molecule has 9 heteroatoms. The van der Waals surface area contributed by atoms with Crippen LogP contribution in [0.2, 0.25) is 0 Å². The zero-order chi connectivity index (χ0) is 21.3. The number of ether oxygens (including phenoxy) is 3. The molecular weight excluding hydrogens is 390 g/mol. The van der Waals surface area contributed by atoms with Crippen LogP contribution in [0.1, 0.15) is 12.3 Å². The molecule has 1 N–H and O–H groups in total. The number of rotatable bonds is 9. The average Bonchev–Trinajstić information content (AvgIpc) is 3.25. The smallest absolute Gasteiger partial charge is 0.306 e. The summed E-state index contributed by atoms with van der Waals surface area (Å²) in [7, 11) is 3.02. The second kappa shape index (κ2) is 10.1. The number of amides is 1. The summed E-state index contributed by atoms with van der Waals surface area (Å²) in [6, 6.07) is 14.3. The van der Waals surface area contributed by atoms with Gasteiger partial charge < -0.3 is 24.1 Å². The van der Waals surface area contributed by atoms with Crippen LogP contribution in [-0.4, -0.2) is 42.8 Å². The molecule has 0 saturated heterocycles. The normalized spacial score (nSPS) is 10.3. The molecule has 30 heavy (non-hydrogen) atoms. The number of carbonyl (C=O) groups is 2. The van der Waals surface area contributed by atoms with Gasteiger partial charge in [-0.05, 0) is 0 Å². The Hall–Kier alpha value is -3.88. The van der Waals surface area contributed by atoms with Gasteiger partial charge in [-0.2, -0.15) is 4.98 Å². The number of benzene rings is 2. The van der Waals surface area contributed by atoms with E-state index in [2.05, 4.69) is 15.5 Å². The second-order valence-electron chi connectivity index (χ2n) is 6.19. The number of hydrogen-bond donors (Lipinski definition) is 1. The first-order valence-electron chi connectivity index (χ1n) is 9.14. The highest BCUT2D eigenvalue weighted by Crippen LogP contribution is 2.25. The van der Waals surface area contributed by atoms with E-state index in [-0.39, 0.29) is 12.8 Å². The standard InChI is InChI=1S/C21H21N3O6/c1-27-16-10-15(11-17(12-16)28-2)22-18(25)13-29-20(26)9-8-19-23-21(24-30-19)14-6-4-3-5-7-14/h3-7,10-12H,8-9,13H2,1-2H3,(H,22,25). The highest BCUT2D eigenvalue weighted by atomic mass is 16.5. The Labute approximate surface area is 172 Å². The van der Waals surface area contributed by atoms with Crippen molar-refractivity contribution in [1.29, 1.82) is 0 Å². The fourth-order valence-corrected chi connectivity index (χ4v) is 2.56. The van der Waals surface area contributed by atoms with E-state index in [1.165, 1.54) is 14.2 Å². The lowest BCUT2D eigenvalue weighted by atomic mass is 10.2. The Morgan fingerprint density at radius 2 is 1.73 bits per heavy atom. The summed E-state index contributed by atoms with van der Waals surface area (Å²) >= 11 is 0. The predicted molar refractivity (Wildman–Crippen MR) is 107 cm³/mol. The molecule has 0 atom stereocenters. The van der Waals surface area contributed by atoms with E-state index in [0.717, 1.165) is 5.56 Å². The first-order chi connectivity index (χ1) is 14.6. The van der Waals surface area contributed by atoms with Crippen LogP contribution in [0.15, 0.2) is 53.1 Å². The number of hydrogen-bond acceptors (Lipinski definition) is 8.